The molecule has 0 saturated heterocycles. The van der Waals surface area contributed by atoms with Crippen LogP contribution in [-0.4, -0.2) is 43.2 Å². The van der Waals surface area contributed by atoms with Gasteiger partial charge in [0.05, 0.1) is 6.20 Å². The van der Waals surface area contributed by atoms with Gasteiger partial charge >= 0.3 is 5.97 Å². The second kappa shape index (κ2) is 8.59. The summed E-state index contributed by atoms with van der Waals surface area (Å²) < 4.78 is 1.69. The van der Waals surface area contributed by atoms with Gasteiger partial charge in [-0.3, -0.25) is 14.3 Å². The van der Waals surface area contributed by atoms with Gasteiger partial charge in [-0.1, -0.05) is 30.3 Å². The standard InChI is InChI=1S/C19H20N4O3S/c1-22-12-15(10-20-22)18-21-16(13-27-18)19(26)23(9-5-8-17(24)25)11-14-6-3-2-4-7-14/h2-4,6-7,10,12-13H,5,8-9,11H2,1H3,(H,24,25). The highest BCUT2D eigenvalue weighted by molar-refractivity contribution is 7.13. The van der Waals surface area contributed by atoms with E-state index >= 15 is 0 Å². The van der Waals surface area contributed by atoms with Crippen LogP contribution in [0.3, 0.4) is 0 Å². The highest BCUT2D eigenvalue weighted by atomic mass is 32.1. The lowest BCUT2D eigenvalue weighted by Crippen LogP contribution is -2.32. The molecule has 0 saturated carbocycles. The molecule has 0 fully saturated rings. The van der Waals surface area contributed by atoms with Gasteiger partial charge < -0.3 is 10.0 Å². The maximum atomic E-state index is 13.0. The molecule has 8 heteroatoms. The summed E-state index contributed by atoms with van der Waals surface area (Å²) in [5, 5.41) is 15.5. The van der Waals surface area contributed by atoms with E-state index in [9.17, 15) is 9.59 Å². The lowest BCUT2D eigenvalue weighted by molar-refractivity contribution is -0.137. The van der Waals surface area contributed by atoms with Crippen molar-refractivity contribution < 1.29 is 14.7 Å². The number of nitrogens with zero attached hydrogens (tertiary/aromatic N) is 4. The number of hydrogen-bond acceptors (Lipinski definition) is 5. The summed E-state index contributed by atoms with van der Waals surface area (Å²) in [6.07, 6.45) is 3.98. The number of aryl methyl sites for hydroxylation is 1. The molecule has 2 aromatic heterocycles. The molecule has 3 rings (SSSR count). The van der Waals surface area contributed by atoms with Gasteiger partial charge in [0, 0.05) is 43.7 Å². The number of carboxylic acids is 1. The SMILES string of the molecule is Cn1cc(-c2nc(C(=O)N(CCCC(=O)O)Cc3ccccc3)cs2)cn1. The Kier molecular flexibility index (Phi) is 5.97. The zero-order chi connectivity index (χ0) is 19.2. The van der Waals surface area contributed by atoms with E-state index in [4.69, 9.17) is 5.11 Å². The number of hydrogen-bond donors (Lipinski definition) is 1. The van der Waals surface area contributed by atoms with Crippen molar-refractivity contribution in [3.05, 3.63) is 59.4 Å². The molecule has 1 amide bonds. The number of carbonyl (C=O) groups is 2. The topological polar surface area (TPSA) is 88.3 Å². The minimum atomic E-state index is -0.866. The highest BCUT2D eigenvalue weighted by Crippen LogP contribution is 2.24. The van der Waals surface area contributed by atoms with Crippen LogP contribution in [0.15, 0.2) is 48.1 Å². The minimum Gasteiger partial charge on any atom is -0.481 e. The van der Waals surface area contributed by atoms with Crippen LogP contribution in [-0.2, 0) is 18.4 Å². The summed E-state index contributed by atoms with van der Waals surface area (Å²) in [5.41, 5.74) is 2.22. The third-order valence-corrected chi connectivity index (χ3v) is 4.89. The Labute approximate surface area is 160 Å². The summed E-state index contributed by atoms with van der Waals surface area (Å²) >= 11 is 1.39. The number of carbonyl (C=O) groups excluding carboxylic acids is 1. The molecule has 0 bridgehead atoms. The molecule has 0 spiro atoms. The Morgan fingerprint density at radius 3 is 2.70 bits per heavy atom. The minimum absolute atomic E-state index is 0.0244. The van der Waals surface area contributed by atoms with Crippen LogP contribution in [0.5, 0.6) is 0 Å². The molecule has 3 aromatic rings. The Hall–Kier alpha value is -3.00. The van der Waals surface area contributed by atoms with Crippen LogP contribution in [0.25, 0.3) is 10.6 Å². The van der Waals surface area contributed by atoms with Crippen LogP contribution in [0.1, 0.15) is 28.9 Å². The van der Waals surface area contributed by atoms with Gasteiger partial charge in [-0.25, -0.2) is 4.98 Å². The summed E-state index contributed by atoms with van der Waals surface area (Å²) in [6, 6.07) is 9.64. The summed E-state index contributed by atoms with van der Waals surface area (Å²) in [5.74, 6) is -1.06. The van der Waals surface area contributed by atoms with Crippen molar-refractivity contribution in [3.8, 4) is 10.6 Å². The van der Waals surface area contributed by atoms with Gasteiger partial charge in [-0.15, -0.1) is 11.3 Å². The van der Waals surface area contributed by atoms with Gasteiger partial charge in [-0.05, 0) is 12.0 Å². The third-order valence-electron chi connectivity index (χ3n) is 4.00. The summed E-state index contributed by atoms with van der Waals surface area (Å²) in [7, 11) is 1.83. The molecule has 0 radical (unpaired) electrons. The zero-order valence-corrected chi connectivity index (χ0v) is 15.7. The molecular formula is C19H20N4O3S. The number of benzene rings is 1. The first-order valence-electron chi connectivity index (χ1n) is 8.52. The van der Waals surface area contributed by atoms with E-state index in [1.165, 1.54) is 11.3 Å². The third kappa shape index (κ3) is 5.01. The van der Waals surface area contributed by atoms with E-state index in [1.54, 1.807) is 21.2 Å². The van der Waals surface area contributed by atoms with Crippen molar-refractivity contribution in [2.45, 2.75) is 19.4 Å². The average Bonchev–Trinajstić information content (AvgIpc) is 3.30. The first-order chi connectivity index (χ1) is 13.0. The zero-order valence-electron chi connectivity index (χ0n) is 14.9. The Morgan fingerprint density at radius 2 is 2.04 bits per heavy atom. The number of thiazole rings is 1. The van der Waals surface area contributed by atoms with E-state index in [1.807, 2.05) is 43.6 Å². The molecule has 0 aliphatic heterocycles. The first kappa shape index (κ1) is 18.8. The number of amides is 1. The molecule has 0 aliphatic carbocycles. The quantitative estimate of drug-likeness (QED) is 0.645. The molecule has 1 N–H and O–H groups in total. The fourth-order valence-corrected chi connectivity index (χ4v) is 3.44. The molecule has 1 aromatic carbocycles. The molecule has 2 heterocycles. The Bertz CT molecular complexity index is 920. The van der Waals surface area contributed by atoms with Crippen LogP contribution >= 0.6 is 11.3 Å². The van der Waals surface area contributed by atoms with Gasteiger partial charge in [0.25, 0.3) is 5.91 Å². The normalized spacial score (nSPS) is 10.7. The highest BCUT2D eigenvalue weighted by Gasteiger charge is 2.20. The van der Waals surface area contributed by atoms with E-state index in [-0.39, 0.29) is 12.3 Å². The Balaban J connectivity index is 1.77. The maximum Gasteiger partial charge on any atom is 0.303 e. The molecule has 0 unspecified atom stereocenters. The molecule has 0 aliphatic rings. The van der Waals surface area contributed by atoms with E-state index in [2.05, 4.69) is 10.1 Å². The molecule has 27 heavy (non-hydrogen) atoms. The average molecular weight is 384 g/mol. The van der Waals surface area contributed by atoms with Crippen LogP contribution in [0, 0.1) is 0 Å². The van der Waals surface area contributed by atoms with Gasteiger partial charge in [0.15, 0.2) is 0 Å². The predicted molar refractivity (Wildman–Crippen MR) is 102 cm³/mol. The monoisotopic (exact) mass is 384 g/mol. The van der Waals surface area contributed by atoms with E-state index in [0.717, 1.165) is 16.1 Å². The second-order valence-electron chi connectivity index (χ2n) is 6.15. The summed E-state index contributed by atoms with van der Waals surface area (Å²) in [6.45, 7) is 0.777. The van der Waals surface area contributed by atoms with Crippen molar-refractivity contribution in [1.29, 1.82) is 0 Å². The number of carboxylic acid groups (broad SMARTS) is 1. The van der Waals surface area contributed by atoms with Gasteiger partial charge in [0.1, 0.15) is 10.7 Å². The molecule has 140 valence electrons. The fourth-order valence-electron chi connectivity index (χ4n) is 2.68. The van der Waals surface area contributed by atoms with Crippen molar-refractivity contribution >= 4 is 23.2 Å². The second-order valence-corrected chi connectivity index (χ2v) is 7.01. The lowest BCUT2D eigenvalue weighted by atomic mass is 10.2. The van der Waals surface area contributed by atoms with Crippen LogP contribution in [0.2, 0.25) is 0 Å². The molecule has 0 atom stereocenters. The van der Waals surface area contributed by atoms with Crippen molar-refractivity contribution in [2.75, 3.05) is 6.54 Å². The van der Waals surface area contributed by atoms with Crippen molar-refractivity contribution in [2.24, 2.45) is 7.05 Å². The predicted octanol–water partition coefficient (Wildman–Crippen LogP) is 3.05. The van der Waals surface area contributed by atoms with Crippen LogP contribution < -0.4 is 0 Å². The van der Waals surface area contributed by atoms with Crippen LogP contribution in [0.4, 0.5) is 0 Å². The fraction of sp³-hybridized carbons (Fsp3) is 0.263. The number of rotatable bonds is 8. The Morgan fingerprint density at radius 1 is 1.26 bits per heavy atom. The first-order valence-corrected chi connectivity index (χ1v) is 9.40. The number of aromatic nitrogens is 3. The maximum absolute atomic E-state index is 13.0. The van der Waals surface area contributed by atoms with E-state index in [0.29, 0.717) is 25.2 Å². The van der Waals surface area contributed by atoms with Gasteiger partial charge in [0.2, 0.25) is 0 Å². The lowest BCUT2D eigenvalue weighted by Gasteiger charge is -2.21. The largest absolute Gasteiger partial charge is 0.481 e. The molecular weight excluding hydrogens is 364 g/mol. The summed E-state index contributed by atoms with van der Waals surface area (Å²) in [4.78, 5) is 29.9. The molecule has 7 nitrogen and oxygen atoms in total. The van der Waals surface area contributed by atoms with Crippen molar-refractivity contribution in [3.63, 3.8) is 0 Å². The smallest absolute Gasteiger partial charge is 0.303 e. The van der Waals surface area contributed by atoms with Crippen molar-refractivity contribution in [1.82, 2.24) is 19.7 Å². The van der Waals surface area contributed by atoms with Gasteiger partial charge in [-0.2, -0.15) is 5.10 Å². The number of aliphatic carboxylic acids is 1. The van der Waals surface area contributed by atoms with E-state index < -0.39 is 5.97 Å².